The number of aromatic amines is 1. The van der Waals surface area contributed by atoms with Crippen LogP contribution >= 0.6 is 27.5 Å². The summed E-state index contributed by atoms with van der Waals surface area (Å²) in [5.41, 5.74) is 0.662. The first-order chi connectivity index (χ1) is 6.59. The molecule has 0 aliphatic heterocycles. The molecule has 0 atom stereocenters. The van der Waals surface area contributed by atoms with E-state index < -0.39 is 5.97 Å². The van der Waals surface area contributed by atoms with Gasteiger partial charge in [0.15, 0.2) is 0 Å². The lowest BCUT2D eigenvalue weighted by Gasteiger charge is -1.97. The Morgan fingerprint density at radius 3 is 2.93 bits per heavy atom. The van der Waals surface area contributed by atoms with E-state index in [0.29, 0.717) is 20.5 Å². The minimum atomic E-state index is -1.03. The normalized spacial score (nSPS) is 10.7. The first-order valence-corrected chi connectivity index (χ1v) is 4.83. The van der Waals surface area contributed by atoms with Gasteiger partial charge in [0, 0.05) is 10.4 Å². The number of carboxylic acids is 1. The molecule has 0 spiro atoms. The second kappa shape index (κ2) is 3.25. The second-order valence-corrected chi connectivity index (χ2v) is 3.92. The number of aromatic nitrogens is 2. The molecule has 1 heterocycles. The van der Waals surface area contributed by atoms with Crippen molar-refractivity contribution in [2.24, 2.45) is 0 Å². The topological polar surface area (TPSA) is 66.0 Å². The third kappa shape index (κ3) is 1.38. The molecule has 1 aromatic carbocycles. The Bertz CT molecular complexity index is 523. The fourth-order valence-corrected chi connectivity index (χ4v) is 1.96. The average Bonchev–Trinajstić information content (AvgIpc) is 2.46. The Morgan fingerprint density at radius 1 is 1.57 bits per heavy atom. The molecule has 0 saturated carbocycles. The average molecular weight is 275 g/mol. The highest BCUT2D eigenvalue weighted by Gasteiger charge is 2.14. The van der Waals surface area contributed by atoms with E-state index in [2.05, 4.69) is 26.1 Å². The monoisotopic (exact) mass is 274 g/mol. The molecular weight excluding hydrogens is 271 g/mol. The largest absolute Gasteiger partial charge is 0.478 e. The van der Waals surface area contributed by atoms with E-state index in [1.807, 2.05) is 0 Å². The smallest absolute Gasteiger partial charge is 0.336 e. The summed E-state index contributed by atoms with van der Waals surface area (Å²) in [6.45, 7) is 0. The Hall–Kier alpha value is -1.07. The molecule has 2 rings (SSSR count). The van der Waals surface area contributed by atoms with Crippen molar-refractivity contribution in [3.05, 3.63) is 27.3 Å². The highest BCUT2D eigenvalue weighted by molar-refractivity contribution is 9.10. The van der Waals surface area contributed by atoms with Gasteiger partial charge in [0.25, 0.3) is 0 Å². The van der Waals surface area contributed by atoms with Crippen LogP contribution in [0.4, 0.5) is 0 Å². The van der Waals surface area contributed by atoms with Crippen molar-refractivity contribution in [1.29, 1.82) is 0 Å². The molecule has 0 radical (unpaired) electrons. The van der Waals surface area contributed by atoms with Crippen LogP contribution in [0.15, 0.2) is 16.7 Å². The molecule has 2 aromatic rings. The second-order valence-electron chi connectivity index (χ2n) is 2.69. The van der Waals surface area contributed by atoms with Crippen molar-refractivity contribution >= 4 is 44.4 Å². The van der Waals surface area contributed by atoms with Crippen molar-refractivity contribution < 1.29 is 9.90 Å². The van der Waals surface area contributed by atoms with Crippen LogP contribution in [-0.4, -0.2) is 21.3 Å². The number of benzene rings is 1. The number of H-pyrrole nitrogens is 1. The van der Waals surface area contributed by atoms with Crippen LogP contribution in [-0.2, 0) is 0 Å². The standard InChI is InChI=1S/C8H4BrClN2O2/c9-7-6-4(8(13)14)1-3(10)2-5(6)11-12-7/h1-2H,(H,11,12)(H,13,14). The number of hydrogen-bond acceptors (Lipinski definition) is 2. The summed E-state index contributed by atoms with van der Waals surface area (Å²) in [5.74, 6) is -1.03. The van der Waals surface area contributed by atoms with E-state index in [4.69, 9.17) is 16.7 Å². The minimum Gasteiger partial charge on any atom is -0.478 e. The van der Waals surface area contributed by atoms with Gasteiger partial charge in [0.2, 0.25) is 0 Å². The van der Waals surface area contributed by atoms with E-state index in [-0.39, 0.29) is 5.56 Å². The number of nitrogens with zero attached hydrogens (tertiary/aromatic N) is 1. The van der Waals surface area contributed by atoms with E-state index >= 15 is 0 Å². The molecule has 0 saturated heterocycles. The van der Waals surface area contributed by atoms with Crippen LogP contribution in [0.1, 0.15) is 10.4 Å². The summed E-state index contributed by atoms with van der Waals surface area (Å²) < 4.78 is 0.543. The number of nitrogens with one attached hydrogen (secondary N) is 1. The summed E-state index contributed by atoms with van der Waals surface area (Å²) >= 11 is 8.93. The molecule has 0 fully saturated rings. The van der Waals surface area contributed by atoms with Crippen LogP contribution < -0.4 is 0 Å². The van der Waals surface area contributed by atoms with E-state index in [1.54, 1.807) is 6.07 Å². The quantitative estimate of drug-likeness (QED) is 0.841. The van der Waals surface area contributed by atoms with Crippen LogP contribution in [0.25, 0.3) is 10.9 Å². The van der Waals surface area contributed by atoms with E-state index in [9.17, 15) is 4.79 Å². The maximum absolute atomic E-state index is 10.9. The third-order valence-electron chi connectivity index (χ3n) is 1.81. The maximum Gasteiger partial charge on any atom is 0.336 e. The summed E-state index contributed by atoms with van der Waals surface area (Å²) in [6.07, 6.45) is 0. The van der Waals surface area contributed by atoms with Crippen LogP contribution in [0.3, 0.4) is 0 Å². The van der Waals surface area contributed by atoms with Crippen molar-refractivity contribution in [3.8, 4) is 0 Å². The number of carbonyl (C=O) groups is 1. The summed E-state index contributed by atoms with van der Waals surface area (Å²) in [4.78, 5) is 10.9. The molecule has 0 bridgehead atoms. The van der Waals surface area contributed by atoms with Gasteiger partial charge in [0.1, 0.15) is 4.60 Å². The lowest BCUT2D eigenvalue weighted by Crippen LogP contribution is -1.96. The zero-order valence-corrected chi connectivity index (χ0v) is 9.06. The van der Waals surface area contributed by atoms with Crippen molar-refractivity contribution in [2.75, 3.05) is 0 Å². The van der Waals surface area contributed by atoms with Gasteiger partial charge in [0.05, 0.1) is 11.1 Å². The lowest BCUT2D eigenvalue weighted by molar-refractivity contribution is 0.0699. The van der Waals surface area contributed by atoms with Crippen LogP contribution in [0, 0.1) is 0 Å². The van der Waals surface area contributed by atoms with Crippen LogP contribution in [0.2, 0.25) is 5.02 Å². The van der Waals surface area contributed by atoms with E-state index in [0.717, 1.165) is 0 Å². The summed E-state index contributed by atoms with van der Waals surface area (Å²) in [7, 11) is 0. The van der Waals surface area contributed by atoms with Gasteiger partial charge in [-0.05, 0) is 28.1 Å². The minimum absolute atomic E-state index is 0.133. The Morgan fingerprint density at radius 2 is 2.29 bits per heavy atom. The van der Waals surface area contributed by atoms with Crippen molar-refractivity contribution in [2.45, 2.75) is 0 Å². The number of aromatic carboxylic acids is 1. The molecular formula is C8H4BrClN2O2. The Balaban J connectivity index is 2.90. The molecule has 4 nitrogen and oxygen atoms in total. The summed E-state index contributed by atoms with van der Waals surface area (Å²) in [6, 6.07) is 3.00. The molecule has 2 N–H and O–H groups in total. The highest BCUT2D eigenvalue weighted by Crippen LogP contribution is 2.28. The number of rotatable bonds is 1. The molecule has 72 valence electrons. The Kier molecular flexibility index (Phi) is 2.20. The molecule has 0 unspecified atom stereocenters. The lowest BCUT2D eigenvalue weighted by atomic mass is 10.1. The van der Waals surface area contributed by atoms with Gasteiger partial charge in [-0.25, -0.2) is 4.79 Å². The number of halogens is 2. The van der Waals surface area contributed by atoms with Crippen molar-refractivity contribution in [1.82, 2.24) is 10.2 Å². The number of fused-ring (bicyclic) bond motifs is 1. The van der Waals surface area contributed by atoms with E-state index in [1.165, 1.54) is 6.07 Å². The van der Waals surface area contributed by atoms with Crippen LogP contribution in [0.5, 0.6) is 0 Å². The highest BCUT2D eigenvalue weighted by atomic mass is 79.9. The predicted molar refractivity (Wildman–Crippen MR) is 55.8 cm³/mol. The van der Waals surface area contributed by atoms with Gasteiger partial charge in [-0.2, -0.15) is 5.10 Å². The maximum atomic E-state index is 10.9. The first kappa shape index (κ1) is 9.48. The SMILES string of the molecule is O=C(O)c1cc(Cl)cc2n[nH]c(Br)c12. The molecule has 1 aromatic heterocycles. The molecule has 0 amide bonds. The van der Waals surface area contributed by atoms with Gasteiger partial charge >= 0.3 is 5.97 Å². The van der Waals surface area contributed by atoms with Gasteiger partial charge in [-0.1, -0.05) is 11.6 Å². The summed E-state index contributed by atoms with van der Waals surface area (Å²) in [5, 5.41) is 16.4. The molecule has 6 heteroatoms. The number of carboxylic acid groups (broad SMARTS) is 1. The fraction of sp³-hybridized carbons (Fsp3) is 0. The van der Waals surface area contributed by atoms with Crippen molar-refractivity contribution in [3.63, 3.8) is 0 Å². The predicted octanol–water partition coefficient (Wildman–Crippen LogP) is 2.68. The zero-order valence-electron chi connectivity index (χ0n) is 6.71. The van der Waals surface area contributed by atoms with Gasteiger partial charge < -0.3 is 5.11 Å². The Labute approximate surface area is 92.0 Å². The van der Waals surface area contributed by atoms with Gasteiger partial charge in [-0.3, -0.25) is 5.10 Å². The zero-order chi connectivity index (χ0) is 10.3. The molecule has 14 heavy (non-hydrogen) atoms. The number of hydrogen-bond donors (Lipinski definition) is 2. The first-order valence-electron chi connectivity index (χ1n) is 3.66. The fourth-order valence-electron chi connectivity index (χ4n) is 1.25. The molecule has 0 aliphatic carbocycles. The van der Waals surface area contributed by atoms with Gasteiger partial charge in [-0.15, -0.1) is 0 Å². The third-order valence-corrected chi connectivity index (χ3v) is 2.60. The molecule has 0 aliphatic rings.